The van der Waals surface area contributed by atoms with E-state index in [0.717, 1.165) is 16.3 Å². The lowest BCUT2D eigenvalue weighted by Crippen LogP contribution is -2.39. The first-order valence-electron chi connectivity index (χ1n) is 8.71. The summed E-state index contributed by atoms with van der Waals surface area (Å²) < 4.78 is 6.00. The van der Waals surface area contributed by atoms with Gasteiger partial charge in [-0.1, -0.05) is 61.0 Å². The minimum atomic E-state index is -0.506. The van der Waals surface area contributed by atoms with Crippen LogP contribution in [0.1, 0.15) is 18.9 Å². The lowest BCUT2D eigenvalue weighted by Gasteiger charge is -2.24. The quantitative estimate of drug-likeness (QED) is 0.591. The number of carbonyl (C=O) groups is 1. The highest BCUT2D eigenvalue weighted by Gasteiger charge is 2.22. The summed E-state index contributed by atoms with van der Waals surface area (Å²) in [6, 6.07) is 21.5. The number of rotatable bonds is 6. The zero-order chi connectivity index (χ0) is 18.5. The number of amides is 1. The van der Waals surface area contributed by atoms with Crippen molar-refractivity contribution in [1.82, 2.24) is 4.90 Å². The smallest absolute Gasteiger partial charge is 0.263 e. The second-order valence-electron chi connectivity index (χ2n) is 6.34. The molecule has 4 heteroatoms. The van der Waals surface area contributed by atoms with Crippen LogP contribution in [-0.2, 0) is 11.3 Å². The summed E-state index contributed by atoms with van der Waals surface area (Å²) in [6.07, 6.45) is 0.102. The molecular weight excluding hydrogens is 346 g/mol. The van der Waals surface area contributed by atoms with Crippen molar-refractivity contribution in [2.45, 2.75) is 26.0 Å². The van der Waals surface area contributed by atoms with Crippen LogP contribution in [0, 0.1) is 0 Å². The van der Waals surface area contributed by atoms with Gasteiger partial charge in [0.15, 0.2) is 6.10 Å². The van der Waals surface area contributed by atoms with Gasteiger partial charge in [-0.2, -0.15) is 0 Å². The number of fused-ring (bicyclic) bond motifs is 1. The molecule has 0 aliphatic heterocycles. The average Bonchev–Trinajstić information content (AvgIpc) is 2.67. The highest BCUT2D eigenvalue weighted by Crippen LogP contribution is 2.22. The van der Waals surface area contributed by atoms with Crippen LogP contribution in [0.5, 0.6) is 5.75 Å². The largest absolute Gasteiger partial charge is 0.481 e. The van der Waals surface area contributed by atoms with Gasteiger partial charge in [0.2, 0.25) is 0 Å². The molecule has 0 saturated carbocycles. The van der Waals surface area contributed by atoms with Crippen molar-refractivity contribution in [3.05, 3.63) is 77.3 Å². The van der Waals surface area contributed by atoms with E-state index in [2.05, 4.69) is 6.07 Å². The lowest BCUT2D eigenvalue weighted by atomic mass is 10.1. The van der Waals surface area contributed by atoms with Gasteiger partial charge in [0, 0.05) is 18.6 Å². The normalized spacial score (nSPS) is 12.0. The molecule has 3 nitrogen and oxygen atoms in total. The Kier molecular flexibility index (Phi) is 5.79. The first kappa shape index (κ1) is 18.3. The molecule has 0 unspecified atom stereocenters. The van der Waals surface area contributed by atoms with Gasteiger partial charge in [0.05, 0.1) is 0 Å². The monoisotopic (exact) mass is 367 g/mol. The summed E-state index contributed by atoms with van der Waals surface area (Å²) in [6.45, 7) is 2.48. The standard InChI is InChI=1S/C22H22ClNO2/c1-3-21(22(25)24(2)15-16-8-11-19(23)12-9-16)26-20-13-10-17-6-4-5-7-18(17)14-20/h4-14,21H,3,15H2,1-2H3/t21-/m1/s1. The van der Waals surface area contributed by atoms with E-state index in [1.54, 1.807) is 11.9 Å². The van der Waals surface area contributed by atoms with Crippen LogP contribution in [0.25, 0.3) is 10.8 Å². The van der Waals surface area contributed by atoms with E-state index in [1.807, 2.05) is 67.6 Å². The molecule has 0 N–H and O–H groups in total. The molecule has 0 heterocycles. The number of likely N-dealkylation sites (N-methyl/N-ethyl adjacent to an activating group) is 1. The van der Waals surface area contributed by atoms with Crippen LogP contribution in [0.4, 0.5) is 0 Å². The molecule has 0 saturated heterocycles. The fourth-order valence-electron chi connectivity index (χ4n) is 2.90. The molecule has 0 aliphatic rings. The molecule has 26 heavy (non-hydrogen) atoms. The topological polar surface area (TPSA) is 29.5 Å². The van der Waals surface area contributed by atoms with Gasteiger partial charge < -0.3 is 9.64 Å². The van der Waals surface area contributed by atoms with Gasteiger partial charge in [-0.15, -0.1) is 0 Å². The Hall–Kier alpha value is -2.52. The number of hydrogen-bond donors (Lipinski definition) is 0. The first-order chi connectivity index (χ1) is 12.6. The van der Waals surface area contributed by atoms with Crippen LogP contribution in [0.2, 0.25) is 5.02 Å². The fourth-order valence-corrected chi connectivity index (χ4v) is 3.03. The molecule has 0 radical (unpaired) electrons. The highest BCUT2D eigenvalue weighted by atomic mass is 35.5. The summed E-state index contributed by atoms with van der Waals surface area (Å²) in [5.41, 5.74) is 1.03. The van der Waals surface area contributed by atoms with Gasteiger partial charge in [-0.05, 0) is 47.0 Å². The minimum Gasteiger partial charge on any atom is -0.481 e. The van der Waals surface area contributed by atoms with E-state index < -0.39 is 6.10 Å². The Balaban J connectivity index is 1.69. The molecule has 0 aliphatic carbocycles. The third-order valence-electron chi connectivity index (χ3n) is 4.35. The molecule has 0 bridgehead atoms. The predicted octanol–water partition coefficient (Wildman–Crippen LogP) is 5.31. The molecule has 1 atom stereocenters. The maximum atomic E-state index is 12.8. The first-order valence-corrected chi connectivity index (χ1v) is 9.09. The van der Waals surface area contributed by atoms with Crippen molar-refractivity contribution >= 4 is 28.3 Å². The van der Waals surface area contributed by atoms with E-state index >= 15 is 0 Å². The van der Waals surface area contributed by atoms with E-state index in [4.69, 9.17) is 16.3 Å². The van der Waals surface area contributed by atoms with Gasteiger partial charge in [0.1, 0.15) is 5.75 Å². The summed E-state index contributed by atoms with van der Waals surface area (Å²) in [5.74, 6) is 0.680. The van der Waals surface area contributed by atoms with E-state index in [0.29, 0.717) is 23.7 Å². The van der Waals surface area contributed by atoms with Crippen LogP contribution >= 0.6 is 11.6 Å². The van der Waals surface area contributed by atoms with E-state index in [9.17, 15) is 4.79 Å². The Morgan fingerprint density at radius 3 is 2.42 bits per heavy atom. The number of hydrogen-bond acceptors (Lipinski definition) is 2. The van der Waals surface area contributed by atoms with Gasteiger partial charge in [-0.3, -0.25) is 4.79 Å². The predicted molar refractivity (Wildman–Crippen MR) is 107 cm³/mol. The van der Waals surface area contributed by atoms with Crippen LogP contribution in [-0.4, -0.2) is 24.0 Å². The molecule has 0 aromatic heterocycles. The van der Waals surface area contributed by atoms with Gasteiger partial charge >= 0.3 is 0 Å². The van der Waals surface area contributed by atoms with E-state index in [-0.39, 0.29) is 5.91 Å². The second-order valence-corrected chi connectivity index (χ2v) is 6.78. The Morgan fingerprint density at radius 1 is 1.04 bits per heavy atom. The SMILES string of the molecule is CC[C@@H](Oc1ccc2ccccc2c1)C(=O)N(C)Cc1ccc(Cl)cc1. The summed E-state index contributed by atoms with van der Waals surface area (Å²) >= 11 is 5.91. The maximum absolute atomic E-state index is 12.8. The van der Waals surface area contributed by atoms with Crippen LogP contribution in [0.3, 0.4) is 0 Å². The van der Waals surface area contributed by atoms with Crippen molar-refractivity contribution in [2.24, 2.45) is 0 Å². The van der Waals surface area contributed by atoms with Crippen molar-refractivity contribution in [1.29, 1.82) is 0 Å². The molecule has 134 valence electrons. The van der Waals surface area contributed by atoms with Gasteiger partial charge in [-0.25, -0.2) is 0 Å². The molecule has 0 spiro atoms. The zero-order valence-electron chi connectivity index (χ0n) is 15.0. The molecular formula is C22H22ClNO2. The van der Waals surface area contributed by atoms with Crippen LogP contribution in [0.15, 0.2) is 66.7 Å². The summed E-state index contributed by atoms with van der Waals surface area (Å²) in [4.78, 5) is 14.5. The molecule has 3 rings (SSSR count). The molecule has 0 fully saturated rings. The second kappa shape index (κ2) is 8.24. The number of ether oxygens (including phenoxy) is 1. The third kappa shape index (κ3) is 4.36. The molecule has 3 aromatic carbocycles. The van der Waals surface area contributed by atoms with Gasteiger partial charge in [0.25, 0.3) is 5.91 Å². The number of nitrogens with zero attached hydrogens (tertiary/aromatic N) is 1. The Morgan fingerprint density at radius 2 is 1.73 bits per heavy atom. The Labute approximate surface area is 159 Å². The summed E-state index contributed by atoms with van der Waals surface area (Å²) in [5, 5.41) is 2.94. The van der Waals surface area contributed by atoms with Crippen molar-refractivity contribution in [2.75, 3.05) is 7.05 Å². The lowest BCUT2D eigenvalue weighted by molar-refractivity contribution is -0.138. The number of halogens is 1. The summed E-state index contributed by atoms with van der Waals surface area (Å²) in [7, 11) is 1.79. The third-order valence-corrected chi connectivity index (χ3v) is 4.61. The number of benzene rings is 3. The number of carbonyl (C=O) groups excluding carboxylic acids is 1. The minimum absolute atomic E-state index is 0.0318. The molecule has 1 amide bonds. The van der Waals surface area contributed by atoms with Crippen molar-refractivity contribution in [3.63, 3.8) is 0 Å². The van der Waals surface area contributed by atoms with Crippen LogP contribution < -0.4 is 4.74 Å². The van der Waals surface area contributed by atoms with E-state index in [1.165, 1.54) is 0 Å². The maximum Gasteiger partial charge on any atom is 0.263 e. The Bertz CT molecular complexity index is 892. The zero-order valence-corrected chi connectivity index (χ0v) is 15.7. The average molecular weight is 368 g/mol. The molecule has 3 aromatic rings. The van der Waals surface area contributed by atoms with Crippen molar-refractivity contribution in [3.8, 4) is 5.75 Å². The fraction of sp³-hybridized carbons (Fsp3) is 0.227. The van der Waals surface area contributed by atoms with Crippen molar-refractivity contribution < 1.29 is 9.53 Å². The highest BCUT2D eigenvalue weighted by molar-refractivity contribution is 6.30.